The first-order valence-corrected chi connectivity index (χ1v) is 6.90. The minimum Gasteiger partial charge on any atom is -0.264 e. The van der Waals surface area contributed by atoms with Gasteiger partial charge in [-0.05, 0) is 35.7 Å². The molecule has 0 N–H and O–H groups in total. The minimum absolute atomic E-state index is 0.709. The highest BCUT2D eigenvalue weighted by Crippen LogP contribution is 2.08. The van der Waals surface area contributed by atoms with Crippen molar-refractivity contribution < 1.29 is 0 Å². The molecular weight excluding hydrogens is 260 g/mol. The smallest absolute Gasteiger partial charge is 0.132 e. The van der Waals surface area contributed by atoms with Crippen LogP contribution in [-0.4, -0.2) is 19.9 Å². The van der Waals surface area contributed by atoms with Crippen molar-refractivity contribution in [3.05, 3.63) is 83.5 Å². The molecule has 0 amide bonds. The molecule has 3 aromatic rings. The molecule has 4 nitrogen and oxygen atoms in total. The predicted molar refractivity (Wildman–Crippen MR) is 80.9 cm³/mol. The van der Waals surface area contributed by atoms with E-state index in [1.807, 2.05) is 43.8 Å². The molecule has 0 spiro atoms. The second-order valence-electron chi connectivity index (χ2n) is 5.03. The van der Waals surface area contributed by atoms with Gasteiger partial charge in [0.05, 0.1) is 0 Å². The Labute approximate surface area is 124 Å². The van der Waals surface area contributed by atoms with Crippen LogP contribution >= 0.6 is 0 Å². The fourth-order valence-corrected chi connectivity index (χ4v) is 2.09. The number of hydrogen-bond donors (Lipinski definition) is 0. The molecule has 0 atom stereocenters. The molecule has 0 saturated carbocycles. The van der Waals surface area contributed by atoms with E-state index in [4.69, 9.17) is 0 Å². The van der Waals surface area contributed by atoms with E-state index in [0.29, 0.717) is 6.42 Å². The summed E-state index contributed by atoms with van der Waals surface area (Å²) < 4.78 is 0. The van der Waals surface area contributed by atoms with Crippen molar-refractivity contribution in [1.82, 2.24) is 19.9 Å². The van der Waals surface area contributed by atoms with Crippen molar-refractivity contribution in [2.75, 3.05) is 0 Å². The van der Waals surface area contributed by atoms with Crippen molar-refractivity contribution in [2.45, 2.75) is 19.8 Å². The molecule has 3 heterocycles. The van der Waals surface area contributed by atoms with Crippen LogP contribution in [-0.2, 0) is 12.8 Å². The Morgan fingerprint density at radius 1 is 0.762 bits per heavy atom. The lowest BCUT2D eigenvalue weighted by atomic mass is 10.1. The standard InChI is InChI=1S/C17H16N4/c1-13-4-5-15(10-19-13)8-17-20-11-16(12-21-17)7-14-3-2-6-18-9-14/h2-6,9-12H,7-8H2,1H3. The topological polar surface area (TPSA) is 51.6 Å². The minimum atomic E-state index is 0.709. The summed E-state index contributed by atoms with van der Waals surface area (Å²) in [6.45, 7) is 1.98. The molecule has 3 aromatic heterocycles. The third-order valence-electron chi connectivity index (χ3n) is 3.22. The zero-order valence-electron chi connectivity index (χ0n) is 11.9. The average molecular weight is 276 g/mol. The molecular formula is C17H16N4. The SMILES string of the molecule is Cc1ccc(Cc2ncc(Cc3cccnc3)cn2)cn1. The first-order chi connectivity index (χ1) is 10.3. The van der Waals surface area contributed by atoms with Crippen LogP contribution in [0.25, 0.3) is 0 Å². The molecule has 104 valence electrons. The summed E-state index contributed by atoms with van der Waals surface area (Å²) >= 11 is 0. The van der Waals surface area contributed by atoms with Crippen LogP contribution in [0.4, 0.5) is 0 Å². The Bertz CT molecular complexity index is 691. The molecule has 0 aromatic carbocycles. The van der Waals surface area contributed by atoms with Gasteiger partial charge >= 0.3 is 0 Å². The molecule has 21 heavy (non-hydrogen) atoms. The molecule has 0 unspecified atom stereocenters. The van der Waals surface area contributed by atoms with Gasteiger partial charge in [-0.1, -0.05) is 12.1 Å². The summed E-state index contributed by atoms with van der Waals surface area (Å²) in [6.07, 6.45) is 10.8. The van der Waals surface area contributed by atoms with Gasteiger partial charge < -0.3 is 0 Å². The van der Waals surface area contributed by atoms with E-state index in [0.717, 1.165) is 34.6 Å². The Kier molecular flexibility index (Phi) is 3.96. The molecule has 0 bridgehead atoms. The fourth-order valence-electron chi connectivity index (χ4n) is 2.09. The molecule has 4 heteroatoms. The summed E-state index contributed by atoms with van der Waals surface area (Å²) in [5, 5.41) is 0. The molecule has 0 aliphatic carbocycles. The average Bonchev–Trinajstić information content (AvgIpc) is 2.53. The first-order valence-electron chi connectivity index (χ1n) is 6.90. The van der Waals surface area contributed by atoms with Gasteiger partial charge in [0, 0.05) is 49.5 Å². The number of aromatic nitrogens is 4. The van der Waals surface area contributed by atoms with Crippen LogP contribution in [0, 0.1) is 6.92 Å². The van der Waals surface area contributed by atoms with Gasteiger partial charge in [0.15, 0.2) is 0 Å². The maximum atomic E-state index is 4.43. The number of rotatable bonds is 4. The largest absolute Gasteiger partial charge is 0.264 e. The number of pyridine rings is 2. The van der Waals surface area contributed by atoms with E-state index in [-0.39, 0.29) is 0 Å². The van der Waals surface area contributed by atoms with E-state index >= 15 is 0 Å². The highest BCUT2D eigenvalue weighted by Gasteiger charge is 2.02. The van der Waals surface area contributed by atoms with E-state index < -0.39 is 0 Å². The van der Waals surface area contributed by atoms with Crippen LogP contribution < -0.4 is 0 Å². The molecule has 0 fully saturated rings. The Balaban J connectivity index is 1.68. The van der Waals surface area contributed by atoms with Crippen molar-refractivity contribution in [1.29, 1.82) is 0 Å². The number of hydrogen-bond acceptors (Lipinski definition) is 4. The van der Waals surface area contributed by atoms with Crippen LogP contribution in [0.5, 0.6) is 0 Å². The van der Waals surface area contributed by atoms with Crippen LogP contribution in [0.1, 0.15) is 28.2 Å². The number of nitrogens with zero attached hydrogens (tertiary/aromatic N) is 4. The highest BCUT2D eigenvalue weighted by atomic mass is 14.9. The summed E-state index contributed by atoms with van der Waals surface area (Å²) in [5.74, 6) is 0.815. The van der Waals surface area contributed by atoms with Crippen molar-refractivity contribution in [3.8, 4) is 0 Å². The summed E-state index contributed by atoms with van der Waals surface area (Å²) in [7, 11) is 0. The van der Waals surface area contributed by atoms with E-state index in [1.165, 1.54) is 0 Å². The van der Waals surface area contributed by atoms with Gasteiger partial charge in [0.1, 0.15) is 5.82 Å². The predicted octanol–water partition coefficient (Wildman–Crippen LogP) is 2.76. The van der Waals surface area contributed by atoms with Crippen LogP contribution in [0.3, 0.4) is 0 Å². The summed E-state index contributed by atoms with van der Waals surface area (Å²) in [4.78, 5) is 17.3. The van der Waals surface area contributed by atoms with Gasteiger partial charge in [0.25, 0.3) is 0 Å². The second-order valence-corrected chi connectivity index (χ2v) is 5.03. The lowest BCUT2D eigenvalue weighted by Gasteiger charge is -2.03. The number of aryl methyl sites for hydroxylation is 1. The second kappa shape index (κ2) is 6.22. The van der Waals surface area contributed by atoms with E-state index in [1.54, 1.807) is 6.20 Å². The fraction of sp³-hybridized carbons (Fsp3) is 0.176. The van der Waals surface area contributed by atoms with Crippen LogP contribution in [0.2, 0.25) is 0 Å². The molecule has 3 rings (SSSR count). The molecule has 0 aliphatic heterocycles. The lowest BCUT2D eigenvalue weighted by Crippen LogP contribution is -1.99. The maximum absolute atomic E-state index is 4.43. The van der Waals surface area contributed by atoms with Gasteiger partial charge in [-0.3, -0.25) is 9.97 Å². The van der Waals surface area contributed by atoms with E-state index in [9.17, 15) is 0 Å². The van der Waals surface area contributed by atoms with Crippen molar-refractivity contribution >= 4 is 0 Å². The van der Waals surface area contributed by atoms with Gasteiger partial charge in [-0.2, -0.15) is 0 Å². The third kappa shape index (κ3) is 3.69. The van der Waals surface area contributed by atoms with Crippen LogP contribution in [0.15, 0.2) is 55.2 Å². The Hall–Kier alpha value is -2.62. The lowest BCUT2D eigenvalue weighted by molar-refractivity contribution is 0.934. The zero-order chi connectivity index (χ0) is 14.5. The Morgan fingerprint density at radius 3 is 2.19 bits per heavy atom. The molecule has 0 aliphatic rings. The Morgan fingerprint density at radius 2 is 1.52 bits per heavy atom. The van der Waals surface area contributed by atoms with Gasteiger partial charge in [-0.15, -0.1) is 0 Å². The maximum Gasteiger partial charge on any atom is 0.132 e. The van der Waals surface area contributed by atoms with E-state index in [2.05, 4.69) is 32.1 Å². The molecule has 0 radical (unpaired) electrons. The quantitative estimate of drug-likeness (QED) is 0.735. The van der Waals surface area contributed by atoms with Crippen molar-refractivity contribution in [3.63, 3.8) is 0 Å². The third-order valence-corrected chi connectivity index (χ3v) is 3.22. The monoisotopic (exact) mass is 276 g/mol. The van der Waals surface area contributed by atoms with Gasteiger partial charge in [0.2, 0.25) is 0 Å². The summed E-state index contributed by atoms with van der Waals surface area (Å²) in [5.41, 5.74) is 4.40. The summed E-state index contributed by atoms with van der Waals surface area (Å²) in [6, 6.07) is 8.06. The normalized spacial score (nSPS) is 10.5. The zero-order valence-corrected chi connectivity index (χ0v) is 11.9. The van der Waals surface area contributed by atoms with Gasteiger partial charge in [-0.25, -0.2) is 9.97 Å². The first kappa shape index (κ1) is 13.4. The highest BCUT2D eigenvalue weighted by molar-refractivity contribution is 5.21. The molecule has 0 saturated heterocycles. The van der Waals surface area contributed by atoms with Crippen molar-refractivity contribution in [2.24, 2.45) is 0 Å².